The largest absolute Gasteiger partial charge is 0.506 e. The highest BCUT2D eigenvalue weighted by Gasteiger charge is 2.72. The number of para-hydroxylation sites is 2. The maximum absolute atomic E-state index is 15.1. The molecule has 0 spiro atoms. The van der Waals surface area contributed by atoms with Crippen LogP contribution in [-0.4, -0.2) is 55.7 Å². The molecule has 0 aliphatic heterocycles. The first-order valence-electron chi connectivity index (χ1n) is 20.3. The number of fused-ring (bicyclic) bond motifs is 4. The van der Waals surface area contributed by atoms with Gasteiger partial charge in [0.25, 0.3) is 0 Å². The van der Waals surface area contributed by atoms with Crippen LogP contribution in [0, 0.1) is 0 Å². The highest BCUT2D eigenvalue weighted by molar-refractivity contribution is 6.30. The van der Waals surface area contributed by atoms with Gasteiger partial charge in [-0.3, -0.25) is 19.2 Å². The molecule has 6 aromatic carbocycles. The Hall–Kier alpha value is -8.40. The van der Waals surface area contributed by atoms with E-state index >= 15 is 26.3 Å². The molecular weight excluding hydrogens is 883 g/mol. The van der Waals surface area contributed by atoms with Gasteiger partial charge in [-0.1, -0.05) is 60.7 Å². The zero-order valence-corrected chi connectivity index (χ0v) is 34.0. The van der Waals surface area contributed by atoms with E-state index in [-0.39, 0.29) is 68.1 Å². The van der Waals surface area contributed by atoms with Crippen molar-refractivity contribution < 1.29 is 65.2 Å². The van der Waals surface area contributed by atoms with Crippen LogP contribution in [0.25, 0.3) is 21.8 Å². The van der Waals surface area contributed by atoms with Gasteiger partial charge in [-0.2, -0.15) is 26.3 Å². The van der Waals surface area contributed by atoms with E-state index in [1.54, 1.807) is 48.5 Å². The number of carbonyl (C=O) groups is 4. The smallest absolute Gasteiger partial charge is 0.411 e. The highest BCUT2D eigenvalue weighted by Crippen LogP contribution is 2.57. The van der Waals surface area contributed by atoms with Crippen molar-refractivity contribution in [2.75, 3.05) is 0 Å². The molecule has 2 aliphatic rings. The highest BCUT2D eigenvalue weighted by atomic mass is 19.4. The number of hydrogen-bond acceptors (Lipinski definition) is 10. The van der Waals surface area contributed by atoms with Crippen LogP contribution >= 0.6 is 0 Å². The van der Waals surface area contributed by atoms with Gasteiger partial charge in [0.1, 0.15) is 57.7 Å². The molecule has 2 heterocycles. The zero-order chi connectivity index (χ0) is 47.2. The van der Waals surface area contributed by atoms with E-state index in [1.165, 1.54) is 48.5 Å². The van der Waals surface area contributed by atoms with E-state index in [0.717, 1.165) is 24.3 Å². The third-order valence-corrected chi connectivity index (χ3v) is 12.0. The van der Waals surface area contributed by atoms with Crippen LogP contribution < -0.4 is 9.47 Å². The first-order valence-corrected chi connectivity index (χ1v) is 20.3. The standard InChI is InChI=1S/C51H28F6N2O8/c52-50(53,54)49(51(55,56)57,27-9-13-29(14-10-27)66-31-17-19-33-35(23-31)47(64)41(45(33)62)43-39(60)21-25-5-1-3-7-37(25)58-43)28-11-15-30(16-12-28)67-32-18-20-34-36(24-32)48(65)42(46(34)63)44-40(61)22-26-6-2-4-8-38(26)59-44/h1-24,41-42,60-61H. The van der Waals surface area contributed by atoms with Gasteiger partial charge in [0.05, 0.1) is 11.0 Å². The Morgan fingerprint density at radius 1 is 0.418 bits per heavy atom. The summed E-state index contributed by atoms with van der Waals surface area (Å²) in [4.78, 5) is 62.6. The molecule has 0 radical (unpaired) electrons. The Morgan fingerprint density at radius 3 is 1.13 bits per heavy atom. The summed E-state index contributed by atoms with van der Waals surface area (Å²) in [5, 5.41) is 22.5. The van der Waals surface area contributed by atoms with Gasteiger partial charge in [0.15, 0.2) is 23.1 Å². The Morgan fingerprint density at radius 2 is 0.761 bits per heavy atom. The third-order valence-electron chi connectivity index (χ3n) is 12.0. The number of ether oxygens (including phenoxy) is 2. The van der Waals surface area contributed by atoms with Crippen molar-refractivity contribution in [3.63, 3.8) is 0 Å². The number of ketones is 4. The minimum atomic E-state index is -5.94. The van der Waals surface area contributed by atoms with E-state index in [9.17, 15) is 29.4 Å². The number of halogens is 6. The summed E-state index contributed by atoms with van der Waals surface area (Å²) in [6.45, 7) is 0. The lowest BCUT2D eigenvalue weighted by Gasteiger charge is -2.38. The zero-order valence-electron chi connectivity index (χ0n) is 34.0. The maximum atomic E-state index is 15.1. The van der Waals surface area contributed by atoms with Crippen LogP contribution in [0.3, 0.4) is 0 Å². The van der Waals surface area contributed by atoms with Gasteiger partial charge in [-0.05, 0) is 96.1 Å². The molecule has 0 fully saturated rings. The second kappa shape index (κ2) is 15.4. The Kier molecular flexibility index (Phi) is 9.75. The number of pyridine rings is 2. The van der Waals surface area contributed by atoms with Crippen molar-refractivity contribution in [2.24, 2.45) is 0 Å². The fraction of sp³-hybridized carbons (Fsp3) is 0.0980. The van der Waals surface area contributed by atoms with E-state index in [1.807, 2.05) is 0 Å². The topological polar surface area (TPSA) is 153 Å². The number of benzene rings is 6. The molecule has 332 valence electrons. The fourth-order valence-electron chi connectivity index (χ4n) is 8.83. The van der Waals surface area contributed by atoms with Crippen LogP contribution in [0.5, 0.6) is 34.5 Å². The van der Waals surface area contributed by atoms with Gasteiger partial charge in [-0.25, -0.2) is 9.97 Å². The Balaban J connectivity index is 0.893. The first-order chi connectivity index (χ1) is 31.9. The molecule has 2 aromatic heterocycles. The molecular formula is C51H28F6N2O8. The predicted molar refractivity (Wildman–Crippen MR) is 228 cm³/mol. The summed E-state index contributed by atoms with van der Waals surface area (Å²) in [7, 11) is 0. The van der Waals surface area contributed by atoms with E-state index < -0.39 is 63.9 Å². The second-order valence-electron chi connectivity index (χ2n) is 15.9. The number of Topliss-reactive ketones (excluding diaryl/α,β-unsaturated/α-hetero) is 4. The van der Waals surface area contributed by atoms with Crippen LogP contribution in [-0.2, 0) is 5.41 Å². The number of nitrogens with zero attached hydrogens (tertiary/aromatic N) is 2. The summed E-state index contributed by atoms with van der Waals surface area (Å²) in [5.74, 6) is -6.82. The molecule has 8 aromatic rings. The molecule has 0 saturated heterocycles. The average Bonchev–Trinajstić information content (AvgIpc) is 3.68. The van der Waals surface area contributed by atoms with Crippen molar-refractivity contribution in [3.8, 4) is 34.5 Å². The van der Waals surface area contributed by atoms with Crippen molar-refractivity contribution in [3.05, 3.63) is 190 Å². The number of aromatic nitrogens is 2. The Bertz CT molecular complexity index is 3180. The number of aromatic hydroxyl groups is 2. The lowest BCUT2D eigenvalue weighted by Crippen LogP contribution is -2.54. The summed E-state index contributed by atoms with van der Waals surface area (Å²) in [5.41, 5.74) is -6.51. The number of alkyl halides is 6. The molecule has 0 saturated carbocycles. The molecule has 67 heavy (non-hydrogen) atoms. The van der Waals surface area contributed by atoms with Crippen molar-refractivity contribution in [1.82, 2.24) is 9.97 Å². The van der Waals surface area contributed by atoms with Gasteiger partial charge in [0, 0.05) is 33.0 Å². The van der Waals surface area contributed by atoms with Crippen molar-refractivity contribution in [2.45, 2.75) is 29.6 Å². The molecule has 10 nitrogen and oxygen atoms in total. The van der Waals surface area contributed by atoms with E-state index in [0.29, 0.717) is 46.1 Å². The number of carbonyl (C=O) groups excluding carboxylic acids is 4. The number of hydrogen-bond donors (Lipinski definition) is 2. The third kappa shape index (κ3) is 6.82. The normalized spacial score (nSPS) is 16.1. The molecule has 2 unspecified atom stereocenters. The van der Waals surface area contributed by atoms with Crippen LogP contribution in [0.1, 0.15) is 75.8 Å². The maximum Gasteiger partial charge on any atom is 0.411 e. The van der Waals surface area contributed by atoms with E-state index in [4.69, 9.17) is 9.47 Å². The molecule has 0 bridgehead atoms. The average molecular weight is 911 g/mol. The number of rotatable bonds is 8. The summed E-state index contributed by atoms with van der Waals surface area (Å²) in [6, 6.07) is 30.0. The first kappa shape index (κ1) is 42.5. The minimum Gasteiger partial charge on any atom is -0.506 e. The molecule has 2 aliphatic carbocycles. The molecule has 16 heteroatoms. The van der Waals surface area contributed by atoms with Gasteiger partial charge >= 0.3 is 12.4 Å². The molecule has 10 rings (SSSR count). The lowest BCUT2D eigenvalue weighted by molar-refractivity contribution is -0.288. The van der Waals surface area contributed by atoms with Gasteiger partial charge < -0.3 is 19.7 Å². The van der Waals surface area contributed by atoms with Crippen molar-refractivity contribution >= 4 is 44.9 Å². The monoisotopic (exact) mass is 910 g/mol. The lowest BCUT2D eigenvalue weighted by atomic mass is 9.73. The fourth-order valence-corrected chi connectivity index (χ4v) is 8.83. The molecule has 0 amide bonds. The summed E-state index contributed by atoms with van der Waals surface area (Å²) in [6.07, 6.45) is -11.9. The minimum absolute atomic E-state index is 0.00752. The van der Waals surface area contributed by atoms with Gasteiger partial charge in [-0.15, -0.1) is 0 Å². The van der Waals surface area contributed by atoms with Gasteiger partial charge in [0.2, 0.25) is 5.41 Å². The van der Waals surface area contributed by atoms with Crippen molar-refractivity contribution in [1.29, 1.82) is 0 Å². The van der Waals surface area contributed by atoms with Crippen LogP contribution in [0.15, 0.2) is 146 Å². The molecule has 2 N–H and O–H groups in total. The second-order valence-corrected chi connectivity index (χ2v) is 15.9. The summed E-state index contributed by atoms with van der Waals surface area (Å²) < 4.78 is 102. The SMILES string of the molecule is O=C1c2ccc(Oc3ccc(C(c4ccc(Oc5ccc6c(c5)C(=O)C(c5nc7ccccc7cc5O)C6=O)cc4)(C(F)(F)F)C(F)(F)F)cc3)cc2C(=O)C1c1nc2ccccc2cc1O. The predicted octanol–water partition coefficient (Wildman–Crippen LogP) is 11.5. The van der Waals surface area contributed by atoms with E-state index in [2.05, 4.69) is 9.97 Å². The van der Waals surface area contributed by atoms with Crippen LogP contribution in [0.2, 0.25) is 0 Å². The van der Waals surface area contributed by atoms with Crippen LogP contribution in [0.4, 0.5) is 26.3 Å². The Labute approximate surface area is 373 Å². The molecule has 2 atom stereocenters. The summed E-state index contributed by atoms with van der Waals surface area (Å²) >= 11 is 0. The quantitative estimate of drug-likeness (QED) is 0.111.